The van der Waals surface area contributed by atoms with Gasteiger partial charge in [-0.05, 0) is 48.9 Å². The van der Waals surface area contributed by atoms with Gasteiger partial charge in [0, 0.05) is 35.5 Å². The predicted octanol–water partition coefficient (Wildman–Crippen LogP) is 5.41. The molecular formula is C27H26F2N6O3S. The normalized spacial score (nSPS) is 16.5. The van der Waals surface area contributed by atoms with Crippen molar-refractivity contribution in [2.24, 2.45) is 11.8 Å². The van der Waals surface area contributed by atoms with E-state index in [0.29, 0.717) is 22.9 Å². The van der Waals surface area contributed by atoms with Gasteiger partial charge in [0.05, 0.1) is 18.9 Å². The number of rotatable bonds is 8. The summed E-state index contributed by atoms with van der Waals surface area (Å²) >= 11 is 1.31. The summed E-state index contributed by atoms with van der Waals surface area (Å²) in [5.74, 6) is 1.25. The van der Waals surface area contributed by atoms with Crippen LogP contribution < -0.4 is 15.6 Å². The van der Waals surface area contributed by atoms with Gasteiger partial charge in [0.1, 0.15) is 22.3 Å². The number of aromatic nitrogens is 5. The molecule has 1 amide bonds. The summed E-state index contributed by atoms with van der Waals surface area (Å²) in [6.45, 7) is 6.13. The Kier molecular flexibility index (Phi) is 7.21. The average molecular weight is 553 g/mol. The minimum absolute atomic E-state index is 0.0758. The van der Waals surface area contributed by atoms with Crippen molar-refractivity contribution in [3.8, 4) is 22.7 Å². The molecule has 0 bridgehead atoms. The minimum atomic E-state index is -2.84. The van der Waals surface area contributed by atoms with Gasteiger partial charge < -0.3 is 4.74 Å². The number of anilines is 1. The molecule has 4 aromatic rings. The van der Waals surface area contributed by atoms with Crippen molar-refractivity contribution in [3.63, 3.8) is 0 Å². The lowest BCUT2D eigenvalue weighted by molar-refractivity contribution is 0.102. The smallest absolute Gasteiger partial charge is 0.280 e. The lowest BCUT2D eigenvalue weighted by atomic mass is 10.00. The summed E-state index contributed by atoms with van der Waals surface area (Å²) in [4.78, 5) is 34.2. The van der Waals surface area contributed by atoms with E-state index in [1.807, 2.05) is 0 Å². The van der Waals surface area contributed by atoms with Crippen molar-refractivity contribution in [1.29, 1.82) is 0 Å². The molecule has 5 rings (SSSR count). The first-order valence-corrected chi connectivity index (χ1v) is 13.1. The van der Waals surface area contributed by atoms with Crippen LogP contribution in [0.3, 0.4) is 0 Å². The molecule has 0 saturated heterocycles. The van der Waals surface area contributed by atoms with Crippen LogP contribution in [0, 0.1) is 18.8 Å². The maximum atomic E-state index is 13.6. The van der Waals surface area contributed by atoms with Crippen LogP contribution in [-0.2, 0) is 0 Å². The molecule has 0 aliphatic heterocycles. The molecule has 9 nitrogen and oxygen atoms in total. The summed E-state index contributed by atoms with van der Waals surface area (Å²) < 4.78 is 33.8. The average Bonchev–Trinajstić information content (AvgIpc) is 3.59. The Balaban J connectivity index is 1.56. The molecule has 1 aliphatic carbocycles. The fraction of sp³-hybridized carbons (Fsp3) is 0.333. The number of nitrogens with zero attached hydrogens (tertiary/aromatic N) is 5. The highest BCUT2D eigenvalue weighted by atomic mass is 32.1. The summed E-state index contributed by atoms with van der Waals surface area (Å²) in [7, 11) is 1.37. The summed E-state index contributed by atoms with van der Waals surface area (Å²) in [5.41, 5.74) is 0.465. The molecule has 4 heterocycles. The Morgan fingerprint density at radius 3 is 2.62 bits per heavy atom. The fourth-order valence-corrected chi connectivity index (χ4v) is 5.46. The molecule has 1 fully saturated rings. The van der Waals surface area contributed by atoms with Gasteiger partial charge >= 0.3 is 0 Å². The topological polar surface area (TPSA) is 112 Å². The minimum Gasteiger partial charge on any atom is -0.494 e. The highest BCUT2D eigenvalue weighted by molar-refractivity contribution is 7.15. The SMILES string of the molecule is COc1cnc(C(F)F)cc1-c1cc(-n2ccc(C)cc2=O)ncc1C(=O)Nc1nnc(C2C[C@@H]2C(C)C)s1. The Bertz CT molecular complexity index is 1600. The van der Waals surface area contributed by atoms with Gasteiger partial charge in [-0.2, -0.15) is 0 Å². The number of nitrogens with one attached hydrogen (secondary N) is 1. The highest BCUT2D eigenvalue weighted by Gasteiger charge is 2.42. The lowest BCUT2D eigenvalue weighted by Gasteiger charge is -2.15. The van der Waals surface area contributed by atoms with Crippen LogP contribution in [0.25, 0.3) is 16.9 Å². The molecule has 39 heavy (non-hydrogen) atoms. The summed E-state index contributed by atoms with van der Waals surface area (Å²) in [6, 6.07) is 5.84. The van der Waals surface area contributed by atoms with Gasteiger partial charge in [-0.3, -0.25) is 24.5 Å². The predicted molar refractivity (Wildman–Crippen MR) is 143 cm³/mol. The molecule has 2 atom stereocenters. The summed E-state index contributed by atoms with van der Waals surface area (Å²) in [5, 5.41) is 12.3. The van der Waals surface area contributed by atoms with Crippen molar-refractivity contribution < 1.29 is 18.3 Å². The Morgan fingerprint density at radius 2 is 1.95 bits per heavy atom. The third kappa shape index (κ3) is 5.42. The van der Waals surface area contributed by atoms with E-state index in [1.165, 1.54) is 53.6 Å². The number of alkyl halides is 2. The van der Waals surface area contributed by atoms with Gasteiger partial charge in [-0.15, -0.1) is 10.2 Å². The number of carbonyl (C=O) groups is 1. The number of hydrogen-bond acceptors (Lipinski definition) is 8. The van der Waals surface area contributed by atoms with E-state index in [-0.39, 0.29) is 33.8 Å². The van der Waals surface area contributed by atoms with E-state index in [2.05, 4.69) is 39.3 Å². The van der Waals surface area contributed by atoms with Crippen LogP contribution in [0.4, 0.5) is 13.9 Å². The second-order valence-electron chi connectivity index (χ2n) is 9.76. The van der Waals surface area contributed by atoms with Gasteiger partial charge in [-0.25, -0.2) is 13.8 Å². The third-order valence-electron chi connectivity index (χ3n) is 6.75. The van der Waals surface area contributed by atoms with E-state index in [9.17, 15) is 18.4 Å². The standard InChI is InChI=1S/C27H26F2N6O3S/c1-13(2)15-8-18(15)26-33-34-27(39-26)32-25(37)19-11-31-22(35-6-5-14(3)7-23(35)36)10-16(19)17-9-20(24(28)29)30-12-21(17)38-4/h5-7,9-13,15,18,24H,8H2,1-4H3,(H,32,34,37)/t15-,18?/m1/s1. The molecular weight excluding hydrogens is 526 g/mol. The molecule has 0 spiro atoms. The zero-order chi connectivity index (χ0) is 27.8. The molecule has 12 heteroatoms. The highest BCUT2D eigenvalue weighted by Crippen LogP contribution is 2.52. The van der Waals surface area contributed by atoms with Gasteiger partial charge in [-0.1, -0.05) is 25.2 Å². The van der Waals surface area contributed by atoms with Gasteiger partial charge in [0.15, 0.2) is 0 Å². The van der Waals surface area contributed by atoms with Crippen LogP contribution in [-0.4, -0.2) is 37.7 Å². The number of hydrogen-bond donors (Lipinski definition) is 1. The van der Waals surface area contributed by atoms with Crippen LogP contribution in [0.15, 0.2) is 47.7 Å². The van der Waals surface area contributed by atoms with Crippen molar-refractivity contribution in [3.05, 3.63) is 75.0 Å². The fourth-order valence-electron chi connectivity index (χ4n) is 4.53. The number of methoxy groups -OCH3 is 1. The van der Waals surface area contributed by atoms with Crippen molar-refractivity contribution in [2.75, 3.05) is 12.4 Å². The molecule has 1 N–H and O–H groups in total. The Hall–Kier alpha value is -4.06. The zero-order valence-corrected chi connectivity index (χ0v) is 22.5. The van der Waals surface area contributed by atoms with Gasteiger partial charge in [0.2, 0.25) is 5.13 Å². The molecule has 0 radical (unpaired) electrons. The van der Waals surface area contributed by atoms with E-state index >= 15 is 0 Å². The van der Waals surface area contributed by atoms with Crippen LogP contribution in [0.1, 0.15) is 59.2 Å². The molecule has 1 saturated carbocycles. The number of ether oxygens (including phenoxy) is 1. The number of pyridine rings is 3. The number of halogens is 2. The van der Waals surface area contributed by atoms with E-state index < -0.39 is 18.0 Å². The van der Waals surface area contributed by atoms with E-state index in [4.69, 9.17) is 4.74 Å². The maximum Gasteiger partial charge on any atom is 0.280 e. The van der Waals surface area contributed by atoms with Crippen molar-refractivity contribution in [1.82, 2.24) is 24.7 Å². The van der Waals surface area contributed by atoms with E-state index in [1.54, 1.807) is 19.2 Å². The Morgan fingerprint density at radius 1 is 1.15 bits per heavy atom. The first-order chi connectivity index (χ1) is 18.7. The monoisotopic (exact) mass is 552 g/mol. The second kappa shape index (κ2) is 10.6. The second-order valence-corrected chi connectivity index (χ2v) is 10.8. The largest absolute Gasteiger partial charge is 0.494 e. The molecule has 0 aromatic carbocycles. The first-order valence-electron chi connectivity index (χ1n) is 12.3. The quantitative estimate of drug-likeness (QED) is 0.311. The lowest BCUT2D eigenvalue weighted by Crippen LogP contribution is -2.19. The zero-order valence-electron chi connectivity index (χ0n) is 21.7. The first kappa shape index (κ1) is 26.5. The maximum absolute atomic E-state index is 13.6. The van der Waals surface area contributed by atoms with Gasteiger partial charge in [0.25, 0.3) is 17.9 Å². The number of carbonyl (C=O) groups excluding carboxylic acids is 1. The van der Waals surface area contributed by atoms with Crippen molar-refractivity contribution >= 4 is 22.4 Å². The summed E-state index contributed by atoms with van der Waals surface area (Å²) in [6.07, 6.45) is 2.23. The van der Waals surface area contributed by atoms with Crippen molar-refractivity contribution in [2.45, 2.75) is 39.5 Å². The number of amides is 1. The molecule has 202 valence electrons. The van der Waals surface area contributed by atoms with Crippen LogP contribution in [0.2, 0.25) is 0 Å². The number of aryl methyl sites for hydroxylation is 1. The third-order valence-corrected chi connectivity index (χ3v) is 7.72. The molecule has 1 unspecified atom stereocenters. The van der Waals surface area contributed by atoms with Crippen LogP contribution >= 0.6 is 11.3 Å². The Labute approximate surface area is 226 Å². The van der Waals surface area contributed by atoms with E-state index in [0.717, 1.165) is 17.0 Å². The molecule has 1 aliphatic rings. The molecule has 4 aromatic heterocycles. The van der Waals surface area contributed by atoms with Crippen LogP contribution in [0.5, 0.6) is 5.75 Å².